The van der Waals surface area contributed by atoms with Gasteiger partial charge in [-0.1, -0.05) is 12.2 Å². The summed E-state index contributed by atoms with van der Waals surface area (Å²) in [6.07, 6.45) is 3.87. The Morgan fingerprint density at radius 1 is 1.11 bits per heavy atom. The molecule has 0 aliphatic carbocycles. The first kappa shape index (κ1) is 29.5. The van der Waals surface area contributed by atoms with E-state index in [1.165, 1.54) is 25.2 Å². The van der Waals surface area contributed by atoms with E-state index in [1.807, 2.05) is 0 Å². The number of amides is 2. The molecule has 1 aromatic carbocycles. The highest BCUT2D eigenvalue weighted by Gasteiger charge is 2.35. The number of benzene rings is 1. The lowest BCUT2D eigenvalue weighted by Gasteiger charge is -2.33. The maximum Gasteiger partial charge on any atom is 0.408 e. The second-order valence-corrected chi connectivity index (χ2v) is 8.93. The Balaban J connectivity index is 3.42. The third-order valence-electron chi connectivity index (χ3n) is 5.06. The topological polar surface area (TPSA) is 114 Å². The molecule has 2 N–H and O–H groups in total. The van der Waals surface area contributed by atoms with Crippen molar-refractivity contribution in [3.8, 4) is 11.5 Å². The number of esters is 1. The van der Waals surface area contributed by atoms with Crippen molar-refractivity contribution in [3.63, 3.8) is 0 Å². The lowest BCUT2D eigenvalue weighted by Crippen LogP contribution is -2.54. The van der Waals surface area contributed by atoms with Crippen LogP contribution in [0.25, 0.3) is 0 Å². The Morgan fingerprint density at radius 3 is 2.26 bits per heavy atom. The van der Waals surface area contributed by atoms with Gasteiger partial charge >= 0.3 is 12.1 Å². The van der Waals surface area contributed by atoms with Crippen LogP contribution in [0, 0.1) is 0 Å². The van der Waals surface area contributed by atoms with Gasteiger partial charge in [0, 0.05) is 11.6 Å². The minimum absolute atomic E-state index is 0.0998. The second-order valence-electron chi connectivity index (χ2n) is 8.93. The third kappa shape index (κ3) is 9.72. The Morgan fingerprint density at radius 2 is 1.74 bits per heavy atom. The Hall–Kier alpha value is -3.49. The van der Waals surface area contributed by atoms with Crippen LogP contribution in [0.4, 0.5) is 4.79 Å². The van der Waals surface area contributed by atoms with Crippen LogP contribution in [0.15, 0.2) is 43.5 Å². The predicted octanol–water partition coefficient (Wildman–Crippen LogP) is 4.10. The SMILES string of the molecule is C=CCC[C@H](NC(=O)OC(C)(C)C)C(=O)N(Cc1ccc(OC)cc1O)[C@@H](CCC=C)C(=O)OC. The lowest BCUT2D eigenvalue weighted by molar-refractivity contribution is -0.154. The normalized spacial score (nSPS) is 12.6. The van der Waals surface area contributed by atoms with Gasteiger partial charge in [0.2, 0.25) is 5.91 Å². The number of methoxy groups -OCH3 is 2. The van der Waals surface area contributed by atoms with Crippen LogP contribution in [0.3, 0.4) is 0 Å². The van der Waals surface area contributed by atoms with Crippen molar-refractivity contribution in [2.45, 2.75) is 70.7 Å². The molecule has 9 nitrogen and oxygen atoms in total. The van der Waals surface area contributed by atoms with Crippen LogP contribution in [0.1, 0.15) is 52.0 Å². The zero-order valence-corrected chi connectivity index (χ0v) is 21.3. The molecule has 2 atom stereocenters. The van der Waals surface area contributed by atoms with Crippen molar-refractivity contribution < 1.29 is 33.7 Å². The van der Waals surface area contributed by atoms with Crippen LogP contribution in [-0.2, 0) is 25.6 Å². The highest BCUT2D eigenvalue weighted by atomic mass is 16.6. The van der Waals surface area contributed by atoms with Gasteiger partial charge in [-0.15, -0.1) is 13.2 Å². The maximum atomic E-state index is 13.8. The van der Waals surface area contributed by atoms with E-state index in [2.05, 4.69) is 18.5 Å². The van der Waals surface area contributed by atoms with Crippen LogP contribution in [0.5, 0.6) is 11.5 Å². The molecule has 35 heavy (non-hydrogen) atoms. The molecular formula is C26H38N2O7. The monoisotopic (exact) mass is 490 g/mol. The summed E-state index contributed by atoms with van der Waals surface area (Å²) in [6.45, 7) is 12.4. The molecule has 1 rings (SSSR count). The molecule has 0 spiro atoms. The van der Waals surface area contributed by atoms with Gasteiger partial charge in [-0.2, -0.15) is 0 Å². The molecule has 0 unspecified atom stereocenters. The zero-order chi connectivity index (χ0) is 26.6. The largest absolute Gasteiger partial charge is 0.507 e. The summed E-state index contributed by atoms with van der Waals surface area (Å²) >= 11 is 0. The number of carbonyl (C=O) groups excluding carboxylic acids is 3. The van der Waals surface area contributed by atoms with E-state index in [-0.39, 0.29) is 25.1 Å². The van der Waals surface area contributed by atoms with E-state index >= 15 is 0 Å². The molecule has 0 aromatic heterocycles. The van der Waals surface area contributed by atoms with Gasteiger partial charge < -0.3 is 29.5 Å². The van der Waals surface area contributed by atoms with E-state index in [1.54, 1.807) is 45.1 Å². The first-order valence-electron chi connectivity index (χ1n) is 11.4. The average molecular weight is 491 g/mol. The van der Waals surface area contributed by atoms with Gasteiger partial charge in [-0.3, -0.25) is 4.79 Å². The number of phenols is 1. The number of hydrogen-bond donors (Lipinski definition) is 2. The standard InChI is InChI=1S/C26H38N2O7/c1-8-10-12-20(27-25(32)35-26(3,4)5)23(30)28(21(13-11-9-2)24(31)34-7)17-18-14-15-19(33-6)16-22(18)29/h8-9,14-16,20-21,29H,1-2,10-13,17H2,3-7H3,(H,27,32)/t20-,21-/m0/s1. The first-order chi connectivity index (χ1) is 16.5. The summed E-state index contributed by atoms with van der Waals surface area (Å²) in [4.78, 5) is 40.3. The van der Waals surface area contributed by atoms with Crippen LogP contribution < -0.4 is 10.1 Å². The van der Waals surface area contributed by atoms with Gasteiger partial charge in [0.25, 0.3) is 0 Å². The van der Waals surface area contributed by atoms with E-state index in [0.717, 1.165) is 0 Å². The third-order valence-corrected chi connectivity index (χ3v) is 5.06. The molecule has 0 heterocycles. The number of hydrogen-bond acceptors (Lipinski definition) is 7. The Kier molecular flexibility index (Phi) is 11.8. The molecule has 0 saturated carbocycles. The number of carbonyl (C=O) groups is 3. The second kappa shape index (κ2) is 14.0. The molecule has 0 aliphatic heterocycles. The lowest BCUT2D eigenvalue weighted by atomic mass is 10.0. The molecule has 0 bridgehead atoms. The van der Waals surface area contributed by atoms with Crippen molar-refractivity contribution in [2.24, 2.45) is 0 Å². The predicted molar refractivity (Wildman–Crippen MR) is 133 cm³/mol. The van der Waals surface area contributed by atoms with E-state index in [4.69, 9.17) is 14.2 Å². The summed E-state index contributed by atoms with van der Waals surface area (Å²) in [7, 11) is 2.71. The van der Waals surface area contributed by atoms with Gasteiger partial charge in [-0.05, 0) is 58.6 Å². The highest BCUT2D eigenvalue weighted by molar-refractivity contribution is 5.90. The van der Waals surface area contributed by atoms with Crippen LogP contribution in [-0.4, -0.2) is 59.9 Å². The summed E-state index contributed by atoms with van der Waals surface area (Å²) in [6, 6.07) is 2.69. The fourth-order valence-corrected chi connectivity index (χ4v) is 3.33. The number of nitrogens with one attached hydrogen (secondary N) is 1. The Bertz CT molecular complexity index is 892. The molecule has 0 saturated heterocycles. The van der Waals surface area contributed by atoms with Gasteiger partial charge in [-0.25, -0.2) is 9.59 Å². The quantitative estimate of drug-likeness (QED) is 0.316. The van der Waals surface area contributed by atoms with E-state index in [9.17, 15) is 19.5 Å². The summed E-state index contributed by atoms with van der Waals surface area (Å²) < 4.78 is 15.4. The number of nitrogens with zero attached hydrogens (tertiary/aromatic N) is 1. The smallest absolute Gasteiger partial charge is 0.408 e. The maximum absolute atomic E-state index is 13.8. The summed E-state index contributed by atoms with van der Waals surface area (Å²) in [5.41, 5.74) is -0.366. The Labute approximate surface area is 207 Å². The van der Waals surface area contributed by atoms with Gasteiger partial charge in [0.1, 0.15) is 29.2 Å². The number of ether oxygens (including phenoxy) is 3. The summed E-state index contributed by atoms with van der Waals surface area (Å²) in [5, 5.41) is 13.1. The molecule has 0 aliphatic rings. The fraction of sp³-hybridized carbons (Fsp3) is 0.500. The number of rotatable bonds is 13. The number of allylic oxidation sites excluding steroid dienone is 2. The number of aromatic hydroxyl groups is 1. The van der Waals surface area contributed by atoms with Crippen molar-refractivity contribution in [1.29, 1.82) is 0 Å². The molecule has 1 aromatic rings. The van der Waals surface area contributed by atoms with Crippen molar-refractivity contribution >= 4 is 18.0 Å². The molecule has 2 amide bonds. The van der Waals surface area contributed by atoms with Crippen molar-refractivity contribution in [1.82, 2.24) is 10.2 Å². The van der Waals surface area contributed by atoms with Gasteiger partial charge in [0.15, 0.2) is 0 Å². The van der Waals surface area contributed by atoms with E-state index < -0.39 is 35.7 Å². The first-order valence-corrected chi connectivity index (χ1v) is 11.4. The minimum atomic E-state index is -1.00. The van der Waals surface area contributed by atoms with E-state index in [0.29, 0.717) is 24.2 Å². The zero-order valence-electron chi connectivity index (χ0n) is 21.3. The van der Waals surface area contributed by atoms with Gasteiger partial charge in [0.05, 0.1) is 20.8 Å². The molecular weight excluding hydrogens is 452 g/mol. The molecule has 194 valence electrons. The molecule has 9 heteroatoms. The van der Waals surface area contributed by atoms with Crippen molar-refractivity contribution in [2.75, 3.05) is 14.2 Å². The van der Waals surface area contributed by atoms with Crippen LogP contribution >= 0.6 is 0 Å². The highest BCUT2D eigenvalue weighted by Crippen LogP contribution is 2.27. The number of phenolic OH excluding ortho intramolecular Hbond substituents is 1. The van der Waals surface area contributed by atoms with Crippen molar-refractivity contribution in [3.05, 3.63) is 49.1 Å². The molecule has 0 fully saturated rings. The number of alkyl carbamates (subject to hydrolysis) is 1. The summed E-state index contributed by atoms with van der Waals surface area (Å²) in [5.74, 6) is -0.798. The van der Waals surface area contributed by atoms with Crippen LogP contribution in [0.2, 0.25) is 0 Å². The fourth-order valence-electron chi connectivity index (χ4n) is 3.33. The molecule has 0 radical (unpaired) electrons. The minimum Gasteiger partial charge on any atom is -0.507 e. The average Bonchev–Trinajstić information content (AvgIpc) is 2.80.